The largest absolute Gasteiger partial charge is 0.464 e. The van der Waals surface area contributed by atoms with Crippen LogP contribution in [0.1, 0.15) is 87.8 Å². The van der Waals surface area contributed by atoms with Gasteiger partial charge in [-0.05, 0) is 49.9 Å². The first-order chi connectivity index (χ1) is 18.8. The van der Waals surface area contributed by atoms with Gasteiger partial charge in [-0.15, -0.1) is 0 Å². The van der Waals surface area contributed by atoms with E-state index in [0.717, 1.165) is 23.3 Å². The third kappa shape index (κ3) is 5.59. The summed E-state index contributed by atoms with van der Waals surface area (Å²) in [6.07, 6.45) is 0.549. The highest BCUT2D eigenvalue weighted by Gasteiger charge is 2.33. The Labute approximate surface area is 230 Å². The second kappa shape index (κ2) is 11.4. The predicted molar refractivity (Wildman–Crippen MR) is 145 cm³/mol. The molecule has 0 aliphatic carbocycles. The molecule has 0 spiro atoms. The maximum absolute atomic E-state index is 14.6. The molecule has 0 fully saturated rings. The number of hydrogen-bond acceptors (Lipinski definition) is 8. The summed E-state index contributed by atoms with van der Waals surface area (Å²) in [4.78, 5) is 25.9. The SMILES string of the molecule is CC(C)c1coc2c(C(OC(=O)C(=O)OC(c3cc(F)cc4c(C(C)C)coc34)C(C)N)C(C)N)cc(F)cc12. The molecule has 0 aliphatic heterocycles. The number of nitrogens with two attached hydrogens (primary N) is 2. The van der Waals surface area contributed by atoms with E-state index in [1.54, 1.807) is 13.8 Å². The summed E-state index contributed by atoms with van der Waals surface area (Å²) in [6.45, 7) is 10.8. The van der Waals surface area contributed by atoms with E-state index in [2.05, 4.69) is 0 Å². The maximum atomic E-state index is 14.6. The zero-order chi connectivity index (χ0) is 29.5. The predicted octanol–water partition coefficient (Wildman–Crippen LogP) is 6.27. The van der Waals surface area contributed by atoms with E-state index < -0.39 is 47.9 Å². The van der Waals surface area contributed by atoms with Gasteiger partial charge in [0, 0.05) is 45.1 Å². The van der Waals surface area contributed by atoms with Crippen molar-refractivity contribution in [3.05, 3.63) is 70.7 Å². The lowest BCUT2D eigenvalue weighted by atomic mass is 9.97. The van der Waals surface area contributed by atoms with Crippen LogP contribution in [-0.4, -0.2) is 24.0 Å². The minimum Gasteiger partial charge on any atom is -0.464 e. The lowest BCUT2D eigenvalue weighted by molar-refractivity contribution is -0.175. The van der Waals surface area contributed by atoms with Crippen molar-refractivity contribution >= 4 is 33.9 Å². The minimum absolute atomic E-state index is 0.0393. The number of esters is 2. The molecule has 0 bridgehead atoms. The highest BCUT2D eigenvalue weighted by Crippen LogP contribution is 2.37. The molecule has 4 unspecified atom stereocenters. The summed E-state index contributed by atoms with van der Waals surface area (Å²) in [5.74, 6) is -3.84. The Balaban J connectivity index is 1.64. The molecule has 214 valence electrons. The molecule has 4 aromatic rings. The number of halogens is 2. The number of ether oxygens (including phenoxy) is 2. The van der Waals surface area contributed by atoms with Crippen LogP contribution in [0.4, 0.5) is 8.78 Å². The fourth-order valence-electron chi connectivity index (χ4n) is 4.84. The van der Waals surface area contributed by atoms with Crippen LogP contribution in [0.5, 0.6) is 0 Å². The quantitative estimate of drug-likeness (QED) is 0.192. The summed E-state index contributed by atoms with van der Waals surface area (Å²) in [7, 11) is 0. The summed E-state index contributed by atoms with van der Waals surface area (Å²) >= 11 is 0. The lowest BCUT2D eigenvalue weighted by Crippen LogP contribution is -2.35. The number of hydrogen-bond donors (Lipinski definition) is 2. The second-order valence-electron chi connectivity index (χ2n) is 10.8. The van der Waals surface area contributed by atoms with Crippen LogP contribution in [0, 0.1) is 11.6 Å². The van der Waals surface area contributed by atoms with Gasteiger partial charge in [0.2, 0.25) is 0 Å². The Bertz CT molecular complexity index is 1440. The monoisotopic (exact) mass is 556 g/mol. The standard InChI is InChI=1S/C30H34F2N2O6/c1-13(2)23-11-37-27-19(23)7-17(31)9-21(27)25(15(5)33)39-29(35)30(36)40-26(16(6)34)22-10-18(32)8-20-24(14(3)4)12-38-28(20)22/h7-16,25-26H,33-34H2,1-6H3. The van der Waals surface area contributed by atoms with Gasteiger partial charge in [0.1, 0.15) is 35.0 Å². The maximum Gasteiger partial charge on any atom is 0.418 e. The molecule has 0 aliphatic rings. The van der Waals surface area contributed by atoms with E-state index in [9.17, 15) is 18.4 Å². The van der Waals surface area contributed by atoms with Crippen molar-refractivity contribution in [2.45, 2.75) is 77.7 Å². The smallest absolute Gasteiger partial charge is 0.418 e. The molecule has 0 saturated carbocycles. The minimum atomic E-state index is -1.38. The number of furan rings is 2. The fraction of sp³-hybridized carbons (Fsp3) is 0.400. The van der Waals surface area contributed by atoms with Crippen molar-refractivity contribution in [1.29, 1.82) is 0 Å². The van der Waals surface area contributed by atoms with Crippen LogP contribution >= 0.6 is 0 Å². The normalized spacial score (nSPS) is 15.0. The van der Waals surface area contributed by atoms with Crippen LogP contribution in [-0.2, 0) is 19.1 Å². The Kier molecular flexibility index (Phi) is 8.32. The topological polar surface area (TPSA) is 131 Å². The average molecular weight is 557 g/mol. The van der Waals surface area contributed by atoms with Crippen molar-refractivity contribution < 1.29 is 36.7 Å². The molecule has 8 nitrogen and oxygen atoms in total. The Morgan fingerprint density at radius 3 is 1.30 bits per heavy atom. The first kappa shape index (κ1) is 29.2. The van der Waals surface area contributed by atoms with Gasteiger partial charge in [0.15, 0.2) is 0 Å². The Morgan fingerprint density at radius 1 is 0.650 bits per heavy atom. The Hall–Kier alpha value is -3.76. The van der Waals surface area contributed by atoms with E-state index in [1.165, 1.54) is 24.7 Å². The molecule has 2 aromatic carbocycles. The van der Waals surface area contributed by atoms with Crippen LogP contribution in [0.2, 0.25) is 0 Å². The zero-order valence-electron chi connectivity index (χ0n) is 23.3. The molecule has 0 saturated heterocycles. The first-order valence-electron chi connectivity index (χ1n) is 13.1. The van der Waals surface area contributed by atoms with Crippen molar-refractivity contribution in [3.8, 4) is 0 Å². The number of carbonyl (C=O) groups is 2. The lowest BCUT2D eigenvalue weighted by Gasteiger charge is -2.24. The summed E-state index contributed by atoms with van der Waals surface area (Å²) in [6, 6.07) is 3.27. The summed E-state index contributed by atoms with van der Waals surface area (Å²) in [5, 5.41) is 1.03. The third-order valence-corrected chi connectivity index (χ3v) is 6.84. The van der Waals surface area contributed by atoms with E-state index in [-0.39, 0.29) is 23.0 Å². The van der Waals surface area contributed by atoms with Crippen LogP contribution in [0.25, 0.3) is 21.9 Å². The average Bonchev–Trinajstić information content (AvgIpc) is 3.48. The number of carbonyl (C=O) groups excluding carboxylic acids is 2. The van der Waals surface area contributed by atoms with Gasteiger partial charge >= 0.3 is 11.9 Å². The van der Waals surface area contributed by atoms with Gasteiger partial charge in [-0.3, -0.25) is 0 Å². The van der Waals surface area contributed by atoms with Crippen molar-refractivity contribution in [3.63, 3.8) is 0 Å². The van der Waals surface area contributed by atoms with Gasteiger partial charge in [-0.2, -0.15) is 0 Å². The molecule has 4 atom stereocenters. The third-order valence-electron chi connectivity index (χ3n) is 6.84. The molecular formula is C30H34F2N2O6. The van der Waals surface area contributed by atoms with E-state index in [4.69, 9.17) is 29.8 Å². The molecule has 2 aromatic heterocycles. The van der Waals surface area contributed by atoms with Gasteiger partial charge in [0.25, 0.3) is 0 Å². The van der Waals surface area contributed by atoms with E-state index in [0.29, 0.717) is 21.9 Å². The molecule has 4 N–H and O–H groups in total. The molecular weight excluding hydrogens is 522 g/mol. The van der Waals surface area contributed by atoms with Crippen LogP contribution in [0.15, 0.2) is 45.6 Å². The van der Waals surface area contributed by atoms with Crippen molar-refractivity contribution in [1.82, 2.24) is 0 Å². The van der Waals surface area contributed by atoms with Gasteiger partial charge in [-0.25, -0.2) is 18.4 Å². The molecule has 0 amide bonds. The van der Waals surface area contributed by atoms with Gasteiger partial charge < -0.3 is 29.8 Å². The second-order valence-corrected chi connectivity index (χ2v) is 10.8. The molecule has 4 rings (SSSR count). The van der Waals surface area contributed by atoms with Crippen molar-refractivity contribution in [2.75, 3.05) is 0 Å². The van der Waals surface area contributed by atoms with Crippen molar-refractivity contribution in [2.24, 2.45) is 11.5 Å². The summed E-state index contributed by atoms with van der Waals surface area (Å²) < 4.78 is 51.6. The fourth-order valence-corrected chi connectivity index (χ4v) is 4.84. The molecule has 2 heterocycles. The van der Waals surface area contributed by atoms with E-state index in [1.807, 2.05) is 27.7 Å². The Morgan fingerprint density at radius 2 is 1.00 bits per heavy atom. The van der Waals surface area contributed by atoms with Gasteiger partial charge in [0.05, 0.1) is 12.5 Å². The number of benzene rings is 2. The first-order valence-corrected chi connectivity index (χ1v) is 13.1. The highest BCUT2D eigenvalue weighted by atomic mass is 19.1. The number of rotatable bonds is 8. The number of fused-ring (bicyclic) bond motifs is 2. The van der Waals surface area contributed by atoms with E-state index >= 15 is 0 Å². The highest BCUT2D eigenvalue weighted by molar-refractivity contribution is 6.29. The van der Waals surface area contributed by atoms with Crippen LogP contribution < -0.4 is 11.5 Å². The molecule has 0 radical (unpaired) electrons. The summed E-state index contributed by atoms with van der Waals surface area (Å²) in [5.41, 5.74) is 14.7. The molecule has 40 heavy (non-hydrogen) atoms. The molecule has 10 heteroatoms. The van der Waals surface area contributed by atoms with Crippen LogP contribution in [0.3, 0.4) is 0 Å². The van der Waals surface area contributed by atoms with Gasteiger partial charge in [-0.1, -0.05) is 27.7 Å². The zero-order valence-corrected chi connectivity index (χ0v) is 23.3.